The molecule has 0 aliphatic rings. The van der Waals surface area contributed by atoms with Crippen molar-refractivity contribution in [2.24, 2.45) is 5.92 Å². The molecule has 0 aliphatic heterocycles. The molecule has 0 N–H and O–H groups in total. The van der Waals surface area contributed by atoms with Crippen molar-refractivity contribution in [2.45, 2.75) is 34.1 Å². The number of hydrogen-bond donors (Lipinski definition) is 0. The normalized spacial score (nSPS) is 12.3. The van der Waals surface area contributed by atoms with Gasteiger partial charge in [-0.15, -0.1) is 0 Å². The zero-order valence-electron chi connectivity index (χ0n) is 21.8. The Hall–Kier alpha value is -4.24. The number of carbonyl (C=O) groups is 1. The standard InChI is InChI=1S/C34H31NO2/c1-22(2)19-25-9-11-29(27(21-25)16-18-37-24(4)20-23(3)36)34-33-14-13-30-28-8-6-5-7-26(28)10-12-31(30)32(33)15-17-35-34/h5-18,20-22H,19H2,1-4H3/b18-16+,24-20-. The van der Waals surface area contributed by atoms with Crippen LogP contribution in [0.5, 0.6) is 0 Å². The molecule has 0 aliphatic carbocycles. The number of nitrogens with zero attached hydrogens (tertiary/aromatic N) is 1. The van der Waals surface area contributed by atoms with Gasteiger partial charge in [0.15, 0.2) is 5.78 Å². The lowest BCUT2D eigenvalue weighted by Crippen LogP contribution is -1.97. The molecule has 37 heavy (non-hydrogen) atoms. The number of fused-ring (bicyclic) bond motifs is 5. The minimum absolute atomic E-state index is 0.0366. The van der Waals surface area contributed by atoms with Crippen LogP contribution < -0.4 is 0 Å². The Kier molecular flexibility index (Phi) is 6.87. The van der Waals surface area contributed by atoms with Crippen molar-refractivity contribution < 1.29 is 9.53 Å². The molecule has 0 atom stereocenters. The van der Waals surface area contributed by atoms with E-state index in [1.54, 1.807) is 13.2 Å². The Bertz CT molecular complexity index is 1690. The van der Waals surface area contributed by atoms with E-state index in [2.05, 4.69) is 86.6 Å². The minimum Gasteiger partial charge on any atom is -0.470 e. The van der Waals surface area contributed by atoms with Crippen molar-refractivity contribution in [3.63, 3.8) is 0 Å². The van der Waals surface area contributed by atoms with E-state index < -0.39 is 0 Å². The molecule has 1 aromatic heterocycles. The second kappa shape index (κ2) is 10.4. The first-order valence-electron chi connectivity index (χ1n) is 12.8. The minimum atomic E-state index is -0.0366. The smallest absolute Gasteiger partial charge is 0.155 e. The fourth-order valence-corrected chi connectivity index (χ4v) is 5.07. The number of allylic oxidation sites excluding steroid dienone is 2. The molecule has 5 rings (SSSR count). The molecule has 184 valence electrons. The van der Waals surface area contributed by atoms with Gasteiger partial charge >= 0.3 is 0 Å². The lowest BCUT2D eigenvalue weighted by molar-refractivity contribution is -0.112. The van der Waals surface area contributed by atoms with Crippen LogP contribution in [-0.4, -0.2) is 10.8 Å². The average Bonchev–Trinajstić information content (AvgIpc) is 2.87. The van der Waals surface area contributed by atoms with E-state index in [0.29, 0.717) is 11.7 Å². The van der Waals surface area contributed by atoms with Crippen LogP contribution >= 0.6 is 0 Å². The first-order chi connectivity index (χ1) is 17.9. The van der Waals surface area contributed by atoms with E-state index in [9.17, 15) is 4.79 Å². The molecule has 1 heterocycles. The van der Waals surface area contributed by atoms with Crippen LogP contribution in [0.15, 0.2) is 97.1 Å². The highest BCUT2D eigenvalue weighted by atomic mass is 16.5. The van der Waals surface area contributed by atoms with Crippen molar-refractivity contribution in [2.75, 3.05) is 0 Å². The summed E-state index contributed by atoms with van der Waals surface area (Å²) in [6.45, 7) is 7.75. The van der Waals surface area contributed by atoms with E-state index in [1.807, 2.05) is 12.3 Å². The maximum atomic E-state index is 11.4. The van der Waals surface area contributed by atoms with Crippen molar-refractivity contribution >= 4 is 44.2 Å². The largest absolute Gasteiger partial charge is 0.470 e. The zero-order chi connectivity index (χ0) is 25.9. The van der Waals surface area contributed by atoms with Crippen molar-refractivity contribution in [3.8, 4) is 11.3 Å². The summed E-state index contributed by atoms with van der Waals surface area (Å²) in [7, 11) is 0. The second-order valence-corrected chi connectivity index (χ2v) is 10.0. The van der Waals surface area contributed by atoms with E-state index in [-0.39, 0.29) is 5.78 Å². The van der Waals surface area contributed by atoms with E-state index in [0.717, 1.165) is 28.6 Å². The van der Waals surface area contributed by atoms with Gasteiger partial charge in [0.2, 0.25) is 0 Å². The summed E-state index contributed by atoms with van der Waals surface area (Å²) in [5.41, 5.74) is 4.30. The Labute approximate surface area is 218 Å². The van der Waals surface area contributed by atoms with Crippen molar-refractivity contribution in [3.05, 3.63) is 108 Å². The summed E-state index contributed by atoms with van der Waals surface area (Å²) in [5.74, 6) is 1.08. The number of pyridine rings is 1. The number of carbonyl (C=O) groups excluding carboxylic acids is 1. The van der Waals surface area contributed by atoms with Gasteiger partial charge in [0.25, 0.3) is 0 Å². The number of rotatable bonds is 7. The first kappa shape index (κ1) is 24.5. The van der Waals surface area contributed by atoms with E-state index >= 15 is 0 Å². The Morgan fingerprint density at radius 2 is 1.59 bits per heavy atom. The van der Waals surface area contributed by atoms with Crippen molar-refractivity contribution in [1.29, 1.82) is 0 Å². The fraction of sp³-hybridized carbons (Fsp3) is 0.176. The first-order valence-corrected chi connectivity index (χ1v) is 12.8. The molecule has 5 aromatic rings. The number of aromatic nitrogens is 1. The molecule has 0 saturated heterocycles. The Balaban J connectivity index is 1.66. The van der Waals surface area contributed by atoms with Crippen LogP contribution in [0.2, 0.25) is 0 Å². The number of hydrogen-bond acceptors (Lipinski definition) is 3. The maximum absolute atomic E-state index is 11.4. The van der Waals surface area contributed by atoms with Gasteiger partial charge in [0.05, 0.1) is 12.0 Å². The van der Waals surface area contributed by atoms with Crippen LogP contribution in [0, 0.1) is 5.92 Å². The summed E-state index contributed by atoms with van der Waals surface area (Å²) in [6, 6.07) is 26.0. The van der Waals surface area contributed by atoms with Gasteiger partial charge in [-0.1, -0.05) is 80.6 Å². The van der Waals surface area contributed by atoms with E-state index in [1.165, 1.54) is 45.5 Å². The summed E-state index contributed by atoms with van der Waals surface area (Å²) < 4.78 is 5.69. The quantitative estimate of drug-likeness (QED) is 0.131. The molecule has 0 amide bonds. The monoisotopic (exact) mass is 485 g/mol. The van der Waals surface area contributed by atoms with Gasteiger partial charge in [0, 0.05) is 23.2 Å². The lowest BCUT2D eigenvalue weighted by Gasteiger charge is -2.14. The third-order valence-corrected chi connectivity index (χ3v) is 6.59. The van der Waals surface area contributed by atoms with Crippen LogP contribution in [0.3, 0.4) is 0 Å². The topological polar surface area (TPSA) is 39.2 Å². The van der Waals surface area contributed by atoms with Gasteiger partial charge in [-0.2, -0.15) is 0 Å². The van der Waals surface area contributed by atoms with Gasteiger partial charge in [0.1, 0.15) is 5.76 Å². The highest BCUT2D eigenvalue weighted by Crippen LogP contribution is 2.36. The summed E-state index contributed by atoms with van der Waals surface area (Å²) in [4.78, 5) is 16.2. The van der Waals surface area contributed by atoms with Crippen LogP contribution in [0.1, 0.15) is 38.8 Å². The summed E-state index contributed by atoms with van der Waals surface area (Å²) in [6.07, 6.45) is 8.00. The highest BCUT2D eigenvalue weighted by Gasteiger charge is 2.13. The Morgan fingerprint density at radius 3 is 2.41 bits per heavy atom. The number of ketones is 1. The molecule has 0 spiro atoms. The summed E-state index contributed by atoms with van der Waals surface area (Å²) in [5, 5.41) is 7.27. The zero-order valence-corrected chi connectivity index (χ0v) is 21.8. The van der Waals surface area contributed by atoms with Gasteiger partial charge < -0.3 is 4.74 Å². The van der Waals surface area contributed by atoms with Gasteiger partial charge in [-0.05, 0) is 76.4 Å². The molecule has 4 aromatic carbocycles. The van der Waals surface area contributed by atoms with Gasteiger partial charge in [-0.3, -0.25) is 9.78 Å². The molecular formula is C34H31NO2. The SMILES string of the molecule is CC(=O)/C=C(/C)O/C=C/c1cc(CC(C)C)ccc1-c1nccc2c1ccc1c3ccccc3ccc21. The lowest BCUT2D eigenvalue weighted by atomic mass is 9.92. The summed E-state index contributed by atoms with van der Waals surface area (Å²) >= 11 is 0. The molecule has 0 fully saturated rings. The predicted octanol–water partition coefficient (Wildman–Crippen LogP) is 8.89. The molecule has 0 bridgehead atoms. The van der Waals surface area contributed by atoms with Crippen LogP contribution in [-0.2, 0) is 16.0 Å². The van der Waals surface area contributed by atoms with E-state index in [4.69, 9.17) is 9.72 Å². The van der Waals surface area contributed by atoms with Crippen molar-refractivity contribution in [1.82, 2.24) is 4.98 Å². The number of benzene rings is 4. The van der Waals surface area contributed by atoms with Gasteiger partial charge in [-0.25, -0.2) is 0 Å². The molecule has 0 radical (unpaired) electrons. The third kappa shape index (κ3) is 5.17. The average molecular weight is 486 g/mol. The molecule has 0 unspecified atom stereocenters. The van der Waals surface area contributed by atoms with Crippen LogP contribution in [0.4, 0.5) is 0 Å². The molecule has 3 nitrogen and oxygen atoms in total. The number of ether oxygens (including phenoxy) is 1. The molecule has 0 saturated carbocycles. The Morgan fingerprint density at radius 1 is 0.865 bits per heavy atom. The predicted molar refractivity (Wildman–Crippen MR) is 155 cm³/mol. The maximum Gasteiger partial charge on any atom is 0.155 e. The second-order valence-electron chi connectivity index (χ2n) is 10.0. The molecular weight excluding hydrogens is 454 g/mol. The third-order valence-electron chi connectivity index (χ3n) is 6.59. The highest BCUT2D eigenvalue weighted by molar-refractivity contribution is 6.19. The molecule has 3 heteroatoms. The van der Waals surface area contributed by atoms with Crippen LogP contribution in [0.25, 0.3) is 49.7 Å². The fourth-order valence-electron chi connectivity index (χ4n) is 5.07.